The minimum absolute atomic E-state index is 0. The molecule has 0 amide bonds. The van der Waals surface area contributed by atoms with E-state index in [2.05, 4.69) is 20.5 Å². The van der Waals surface area contributed by atoms with Gasteiger partial charge >= 0.3 is 59.1 Å². The Balaban J connectivity index is 0.00000272. The average molecular weight is 484 g/mol. The van der Waals surface area contributed by atoms with Crippen molar-refractivity contribution < 1.29 is 87.1 Å². The summed E-state index contributed by atoms with van der Waals surface area (Å²) in [6, 6.07) is 14.2. The Labute approximate surface area is 233 Å². The third kappa shape index (κ3) is 8.09. The van der Waals surface area contributed by atoms with E-state index >= 15 is 0 Å². The molecule has 0 heterocycles. The first kappa shape index (κ1) is 29.1. The minimum atomic E-state index is -4.27. The molecule has 0 aliphatic rings. The van der Waals surface area contributed by atoms with Gasteiger partial charge in [0.15, 0.2) is 0 Å². The first-order valence-corrected chi connectivity index (χ1v) is 10.1. The van der Waals surface area contributed by atoms with Crippen LogP contribution in [0.4, 0.5) is 22.7 Å². The van der Waals surface area contributed by atoms with Crippen LogP contribution in [0.5, 0.6) is 5.75 Å². The standard InChI is InChI=1S/C20H16N4O6S.2Na/c1-12-10-16(11-18(19(12)25)20(26)27)24-23-14-4-2-13(3-5-14)21-22-15-6-8-17(9-7-15)31(28,29)30;;/h2-11,25H,1H3,(H,26,27)(H,28,29,30);;/q;2*+1/p-2. The number of carbonyl (C=O) groups is 1. The van der Waals surface area contributed by atoms with E-state index in [0.717, 1.165) is 6.07 Å². The van der Waals surface area contributed by atoms with E-state index in [1.165, 1.54) is 37.3 Å². The van der Waals surface area contributed by atoms with Crippen molar-refractivity contribution in [3.63, 3.8) is 0 Å². The van der Waals surface area contributed by atoms with Gasteiger partial charge in [-0.15, -0.1) is 0 Å². The number of benzene rings is 3. The van der Waals surface area contributed by atoms with Crippen LogP contribution in [0.1, 0.15) is 15.9 Å². The van der Waals surface area contributed by atoms with Crippen LogP contribution in [-0.2, 0) is 10.1 Å². The maximum Gasteiger partial charge on any atom is 1.00 e. The van der Waals surface area contributed by atoms with E-state index in [9.17, 15) is 23.4 Å². The molecule has 0 saturated carbocycles. The molecule has 33 heavy (non-hydrogen) atoms. The second-order valence-corrected chi connectivity index (χ2v) is 7.73. The van der Waals surface area contributed by atoms with Gasteiger partial charge in [-0.05, 0) is 73.2 Å². The molecule has 0 atom stereocenters. The van der Waals surface area contributed by atoms with Crippen molar-refractivity contribution in [2.45, 2.75) is 11.8 Å². The van der Waals surface area contributed by atoms with E-state index in [0.29, 0.717) is 17.1 Å². The fourth-order valence-corrected chi connectivity index (χ4v) is 2.95. The summed E-state index contributed by atoms with van der Waals surface area (Å²) in [4.78, 5) is 10.8. The molecule has 3 aromatic rings. The van der Waals surface area contributed by atoms with Crippen molar-refractivity contribution in [1.29, 1.82) is 0 Å². The van der Waals surface area contributed by atoms with E-state index in [4.69, 9.17) is 4.55 Å². The van der Waals surface area contributed by atoms with E-state index in [1.807, 2.05) is 0 Å². The zero-order chi connectivity index (χ0) is 22.6. The summed E-state index contributed by atoms with van der Waals surface area (Å²) in [7, 11) is -4.27. The molecule has 0 saturated heterocycles. The van der Waals surface area contributed by atoms with Crippen LogP contribution in [0.25, 0.3) is 0 Å². The Morgan fingerprint density at radius 1 is 0.788 bits per heavy atom. The van der Waals surface area contributed by atoms with Gasteiger partial charge in [-0.25, -0.2) is 0 Å². The van der Waals surface area contributed by atoms with Gasteiger partial charge in [0, 0.05) is 0 Å². The zero-order valence-corrected chi connectivity index (χ0v) is 22.8. The summed E-state index contributed by atoms with van der Waals surface area (Å²) in [5, 5.41) is 38.7. The van der Waals surface area contributed by atoms with Crippen LogP contribution in [0.2, 0.25) is 0 Å². The maximum absolute atomic E-state index is 11.7. The van der Waals surface area contributed by atoms with Gasteiger partial charge < -0.3 is 15.0 Å². The van der Waals surface area contributed by atoms with E-state index < -0.39 is 27.4 Å². The van der Waals surface area contributed by atoms with Gasteiger partial charge in [-0.2, -0.15) is 28.9 Å². The third-order valence-corrected chi connectivity index (χ3v) is 4.89. The van der Waals surface area contributed by atoms with Crippen molar-refractivity contribution >= 4 is 38.8 Å². The molecule has 0 fully saturated rings. The number of hydrogen-bond acceptors (Lipinski definition) is 9. The molecule has 0 radical (unpaired) electrons. The van der Waals surface area contributed by atoms with Crippen LogP contribution < -0.4 is 69.3 Å². The largest absolute Gasteiger partial charge is 1.00 e. The monoisotopic (exact) mass is 484 g/mol. The van der Waals surface area contributed by atoms with Gasteiger partial charge in [-0.1, -0.05) is 11.3 Å². The van der Waals surface area contributed by atoms with Crippen LogP contribution in [0, 0.1) is 6.92 Å². The normalized spacial score (nSPS) is 11.2. The topological polar surface area (TPSA) is 167 Å². The average Bonchev–Trinajstić information content (AvgIpc) is 2.73. The summed E-state index contributed by atoms with van der Waals surface area (Å²) in [6.07, 6.45) is 0. The summed E-state index contributed by atoms with van der Waals surface area (Å²) >= 11 is 0. The Kier molecular flexibility index (Phi) is 11.0. The van der Waals surface area contributed by atoms with Gasteiger partial charge in [0.2, 0.25) is 0 Å². The molecule has 1 N–H and O–H groups in total. The Bertz CT molecular complexity index is 1300. The summed E-state index contributed by atoms with van der Waals surface area (Å²) in [5.41, 5.74) is 1.27. The second kappa shape index (κ2) is 12.5. The Morgan fingerprint density at radius 3 is 1.58 bits per heavy atom. The molecule has 0 spiro atoms. The molecule has 10 nitrogen and oxygen atoms in total. The van der Waals surface area contributed by atoms with Crippen molar-refractivity contribution in [2.24, 2.45) is 20.5 Å². The van der Waals surface area contributed by atoms with Gasteiger partial charge in [0.05, 0.1) is 33.6 Å². The number of aryl methyl sites for hydroxylation is 1. The van der Waals surface area contributed by atoms with Crippen molar-refractivity contribution in [3.05, 3.63) is 71.8 Å². The number of aromatic carboxylic acids is 1. The Morgan fingerprint density at radius 2 is 1.18 bits per heavy atom. The van der Waals surface area contributed by atoms with Crippen LogP contribution in [0.3, 0.4) is 0 Å². The molecular formula is C20H14N4Na2O6S. The zero-order valence-electron chi connectivity index (χ0n) is 18.0. The fraction of sp³-hybridized carbons (Fsp3) is 0.0500. The van der Waals surface area contributed by atoms with Crippen LogP contribution in [-0.4, -0.2) is 18.9 Å². The predicted octanol–water partition coefficient (Wildman–Crippen LogP) is -2.48. The first-order chi connectivity index (χ1) is 14.6. The van der Waals surface area contributed by atoms with Crippen molar-refractivity contribution in [2.75, 3.05) is 0 Å². The quantitative estimate of drug-likeness (QED) is 0.231. The number of nitrogens with zero attached hydrogens (tertiary/aromatic N) is 4. The molecule has 0 unspecified atom stereocenters. The first-order valence-electron chi connectivity index (χ1n) is 8.67. The predicted molar refractivity (Wildman–Crippen MR) is 106 cm³/mol. The van der Waals surface area contributed by atoms with Gasteiger partial charge in [-0.3, -0.25) is 4.55 Å². The molecule has 158 valence electrons. The molecule has 0 aliphatic carbocycles. The number of carboxylic acid groups (broad SMARTS) is 1. The third-order valence-electron chi connectivity index (χ3n) is 4.03. The number of carbonyl (C=O) groups excluding carboxylic acids is 1. The molecule has 0 aliphatic heterocycles. The second-order valence-electron chi connectivity index (χ2n) is 6.31. The van der Waals surface area contributed by atoms with Crippen LogP contribution >= 0.6 is 0 Å². The van der Waals surface area contributed by atoms with Crippen LogP contribution in [0.15, 0.2) is 86.0 Å². The molecule has 3 rings (SSSR count). The van der Waals surface area contributed by atoms with E-state index in [-0.39, 0.29) is 75.3 Å². The molecule has 13 heteroatoms. The Hall–Kier alpha value is -1.96. The van der Waals surface area contributed by atoms with E-state index in [1.54, 1.807) is 24.3 Å². The molecule has 0 aromatic heterocycles. The SMILES string of the molecule is Cc1cc(N=Nc2ccc(N=Nc3ccc(S(=O)(=O)O)cc3)cc2)cc(C(=O)[O-])c1[O-].[Na+].[Na+]. The van der Waals surface area contributed by atoms with Gasteiger partial charge in [0.25, 0.3) is 10.1 Å². The summed E-state index contributed by atoms with van der Waals surface area (Å²) < 4.78 is 31.0. The number of rotatable bonds is 6. The summed E-state index contributed by atoms with van der Waals surface area (Å²) in [6.45, 7) is 1.48. The minimum Gasteiger partial charge on any atom is -0.872 e. The smallest absolute Gasteiger partial charge is 0.872 e. The number of azo groups is 2. The molecule has 0 bridgehead atoms. The fourth-order valence-electron chi connectivity index (χ4n) is 2.47. The summed E-state index contributed by atoms with van der Waals surface area (Å²) in [5.74, 6) is -2.20. The maximum atomic E-state index is 11.7. The number of hydrogen-bond donors (Lipinski definition) is 1. The van der Waals surface area contributed by atoms with Gasteiger partial charge in [0.1, 0.15) is 0 Å². The molecular weight excluding hydrogens is 470 g/mol. The van der Waals surface area contributed by atoms with Crippen molar-refractivity contribution in [1.82, 2.24) is 0 Å². The molecule has 3 aromatic carbocycles. The number of carboxylic acids is 1. The van der Waals surface area contributed by atoms with Crippen molar-refractivity contribution in [3.8, 4) is 5.75 Å².